The Kier molecular flexibility index (Phi) is 5.76. The van der Waals surface area contributed by atoms with Crippen molar-refractivity contribution in [2.24, 2.45) is 0 Å². The van der Waals surface area contributed by atoms with E-state index in [4.69, 9.17) is 5.11 Å². The lowest BCUT2D eigenvalue weighted by Crippen LogP contribution is -2.35. The molecule has 21 heavy (non-hydrogen) atoms. The fourth-order valence-electron chi connectivity index (χ4n) is 1.86. The average Bonchev–Trinajstić information content (AvgIpc) is 2.37. The van der Waals surface area contributed by atoms with Crippen molar-refractivity contribution in [3.05, 3.63) is 33.6 Å². The van der Waals surface area contributed by atoms with Gasteiger partial charge in [0.15, 0.2) is 0 Å². The normalized spacial score (nSPS) is 13.1. The van der Waals surface area contributed by atoms with E-state index in [0.29, 0.717) is 12.5 Å². The van der Waals surface area contributed by atoms with Crippen LogP contribution in [-0.2, 0) is 10.0 Å². The highest BCUT2D eigenvalue weighted by Gasteiger charge is 2.26. The van der Waals surface area contributed by atoms with Crippen molar-refractivity contribution in [3.8, 4) is 0 Å². The predicted molar refractivity (Wildman–Crippen MR) is 73.9 cm³/mol. The summed E-state index contributed by atoms with van der Waals surface area (Å²) < 4.78 is 40.3. The van der Waals surface area contributed by atoms with Crippen LogP contribution in [0.2, 0.25) is 0 Å². The predicted octanol–water partition coefficient (Wildman–Crippen LogP) is 1.48. The Balaban J connectivity index is 3.25. The second kappa shape index (κ2) is 6.92. The first-order chi connectivity index (χ1) is 9.72. The van der Waals surface area contributed by atoms with Crippen LogP contribution in [0.4, 0.5) is 10.1 Å². The van der Waals surface area contributed by atoms with E-state index in [-0.39, 0.29) is 23.5 Å². The van der Waals surface area contributed by atoms with Crippen LogP contribution in [-0.4, -0.2) is 31.1 Å². The number of nitrogens with one attached hydrogen (secondary N) is 1. The van der Waals surface area contributed by atoms with Crippen LogP contribution in [0.5, 0.6) is 0 Å². The van der Waals surface area contributed by atoms with Crippen molar-refractivity contribution < 1.29 is 22.8 Å². The number of aliphatic hydroxyl groups is 1. The van der Waals surface area contributed by atoms with E-state index >= 15 is 0 Å². The molecule has 0 aliphatic heterocycles. The Morgan fingerprint density at radius 2 is 2.10 bits per heavy atom. The van der Waals surface area contributed by atoms with Crippen LogP contribution < -0.4 is 4.72 Å². The summed E-state index contributed by atoms with van der Waals surface area (Å²) in [5, 5.41) is 19.6. The van der Waals surface area contributed by atoms with Gasteiger partial charge < -0.3 is 5.11 Å². The van der Waals surface area contributed by atoms with Gasteiger partial charge in [-0.1, -0.05) is 6.92 Å². The average molecular weight is 320 g/mol. The highest BCUT2D eigenvalue weighted by Crippen LogP contribution is 2.25. The lowest BCUT2D eigenvalue weighted by Gasteiger charge is -2.17. The summed E-state index contributed by atoms with van der Waals surface area (Å²) in [6, 6.07) is 1.03. The van der Waals surface area contributed by atoms with Crippen molar-refractivity contribution >= 4 is 15.7 Å². The largest absolute Gasteiger partial charge is 0.396 e. The minimum Gasteiger partial charge on any atom is -0.396 e. The van der Waals surface area contributed by atoms with Crippen molar-refractivity contribution in [2.75, 3.05) is 6.61 Å². The second-order valence-corrected chi connectivity index (χ2v) is 6.25. The first kappa shape index (κ1) is 17.5. The number of nitrogens with zero attached hydrogens (tertiary/aromatic N) is 1. The molecule has 0 heterocycles. The van der Waals surface area contributed by atoms with E-state index in [1.54, 1.807) is 6.92 Å². The van der Waals surface area contributed by atoms with Gasteiger partial charge in [0.1, 0.15) is 0 Å². The second-order valence-electron chi connectivity index (χ2n) is 4.56. The maximum Gasteiger partial charge on any atom is 0.306 e. The monoisotopic (exact) mass is 320 g/mol. The number of benzene rings is 1. The van der Waals surface area contributed by atoms with Gasteiger partial charge in [-0.15, -0.1) is 0 Å². The molecule has 0 fully saturated rings. The molecule has 1 aromatic carbocycles. The fraction of sp³-hybridized carbons (Fsp3) is 0.500. The van der Waals surface area contributed by atoms with Crippen LogP contribution in [0.15, 0.2) is 17.0 Å². The lowest BCUT2D eigenvalue weighted by molar-refractivity contribution is -0.387. The van der Waals surface area contributed by atoms with Gasteiger partial charge in [-0.3, -0.25) is 10.1 Å². The lowest BCUT2D eigenvalue weighted by atomic mass is 10.2. The van der Waals surface area contributed by atoms with Crippen LogP contribution in [0, 0.1) is 22.9 Å². The van der Waals surface area contributed by atoms with Crippen molar-refractivity contribution in [2.45, 2.75) is 37.6 Å². The van der Waals surface area contributed by atoms with Gasteiger partial charge in [-0.25, -0.2) is 13.1 Å². The molecule has 2 N–H and O–H groups in total. The van der Waals surface area contributed by atoms with Gasteiger partial charge in [0.05, 0.1) is 9.82 Å². The van der Waals surface area contributed by atoms with Gasteiger partial charge in [0, 0.05) is 18.7 Å². The summed E-state index contributed by atoms with van der Waals surface area (Å²) in [7, 11) is -4.03. The maximum absolute atomic E-state index is 13.4. The molecule has 1 unspecified atom stereocenters. The molecule has 0 bridgehead atoms. The third-order valence-corrected chi connectivity index (χ3v) is 4.69. The summed E-state index contributed by atoms with van der Waals surface area (Å²) >= 11 is 0. The van der Waals surface area contributed by atoms with Crippen LogP contribution in [0.25, 0.3) is 0 Å². The Morgan fingerprint density at radius 1 is 1.48 bits per heavy atom. The molecule has 0 saturated heterocycles. The Hall–Kier alpha value is -1.58. The minimum absolute atomic E-state index is 0.0736. The Labute approximate surface area is 122 Å². The summed E-state index contributed by atoms with van der Waals surface area (Å²) in [6.45, 7) is 2.90. The molecule has 0 radical (unpaired) electrons. The summed E-state index contributed by atoms with van der Waals surface area (Å²) in [6.07, 6.45) is 0.667. The van der Waals surface area contributed by atoms with E-state index in [2.05, 4.69) is 4.72 Å². The Morgan fingerprint density at radius 3 is 2.57 bits per heavy atom. The van der Waals surface area contributed by atoms with Crippen LogP contribution >= 0.6 is 0 Å². The van der Waals surface area contributed by atoms with Crippen molar-refractivity contribution in [1.29, 1.82) is 0 Å². The van der Waals surface area contributed by atoms with Crippen molar-refractivity contribution in [1.82, 2.24) is 4.72 Å². The molecule has 0 amide bonds. The molecule has 0 saturated carbocycles. The number of hydrogen-bond acceptors (Lipinski definition) is 5. The number of nitro benzene ring substituents is 1. The SMILES string of the molecule is CCC(CCO)NS(=O)(=O)c1cc([N+](=O)[O-])c(F)cc1C. The van der Waals surface area contributed by atoms with Gasteiger partial charge >= 0.3 is 5.69 Å². The van der Waals surface area contributed by atoms with E-state index in [9.17, 15) is 22.9 Å². The highest BCUT2D eigenvalue weighted by atomic mass is 32.2. The van der Waals surface area contributed by atoms with Gasteiger partial charge in [-0.05, 0) is 31.4 Å². The molecule has 0 aliphatic rings. The van der Waals surface area contributed by atoms with Crippen molar-refractivity contribution in [3.63, 3.8) is 0 Å². The van der Waals surface area contributed by atoms with Gasteiger partial charge in [-0.2, -0.15) is 4.39 Å². The van der Waals surface area contributed by atoms with Crippen LogP contribution in [0.1, 0.15) is 25.3 Å². The summed E-state index contributed by atoms with van der Waals surface area (Å²) in [4.78, 5) is 9.40. The Bertz CT molecular complexity index is 633. The minimum atomic E-state index is -4.03. The number of aliphatic hydroxyl groups excluding tert-OH is 1. The molecule has 1 aromatic rings. The topological polar surface area (TPSA) is 110 Å². The molecule has 1 atom stereocenters. The molecule has 0 aromatic heterocycles. The molecule has 7 nitrogen and oxygen atoms in total. The quantitative estimate of drug-likeness (QED) is 0.584. The zero-order chi connectivity index (χ0) is 16.2. The fourth-order valence-corrected chi connectivity index (χ4v) is 3.46. The zero-order valence-corrected chi connectivity index (χ0v) is 12.5. The number of aryl methyl sites for hydroxylation is 1. The van der Waals surface area contributed by atoms with E-state index in [1.165, 1.54) is 6.92 Å². The van der Waals surface area contributed by atoms with Gasteiger partial charge in [0.2, 0.25) is 15.8 Å². The van der Waals surface area contributed by atoms with E-state index in [0.717, 1.165) is 6.07 Å². The van der Waals surface area contributed by atoms with E-state index in [1.807, 2.05) is 0 Å². The summed E-state index contributed by atoms with van der Waals surface area (Å²) in [5.41, 5.74) is -0.819. The number of rotatable bonds is 7. The number of sulfonamides is 1. The number of nitro groups is 1. The van der Waals surface area contributed by atoms with E-state index < -0.39 is 32.5 Å². The molecular weight excluding hydrogens is 303 g/mol. The molecule has 0 spiro atoms. The first-order valence-electron chi connectivity index (χ1n) is 6.30. The molecule has 0 aliphatic carbocycles. The number of hydrogen-bond donors (Lipinski definition) is 2. The van der Waals surface area contributed by atoms with Crippen LogP contribution in [0.3, 0.4) is 0 Å². The standard InChI is InChI=1S/C12H17FN2O5S/c1-3-9(4-5-16)14-21(19,20)12-7-11(15(17)18)10(13)6-8(12)2/h6-7,9,14,16H,3-5H2,1-2H3. The van der Waals surface area contributed by atoms with Gasteiger partial charge in [0.25, 0.3) is 0 Å². The zero-order valence-electron chi connectivity index (χ0n) is 11.7. The molecule has 1 rings (SSSR count). The third-order valence-electron chi connectivity index (χ3n) is 3.02. The highest BCUT2D eigenvalue weighted by molar-refractivity contribution is 7.89. The smallest absolute Gasteiger partial charge is 0.306 e. The first-order valence-corrected chi connectivity index (χ1v) is 7.79. The molecule has 118 valence electrons. The molecular formula is C12H17FN2O5S. The maximum atomic E-state index is 13.4. The number of halogens is 1. The third kappa shape index (κ3) is 4.19. The summed E-state index contributed by atoms with van der Waals surface area (Å²) in [5.74, 6) is -1.08. The molecule has 9 heteroatoms.